The van der Waals surface area contributed by atoms with Gasteiger partial charge in [-0.1, -0.05) is 6.92 Å². The number of hydrogen-bond donors (Lipinski definition) is 2. The molecule has 6 heteroatoms. The van der Waals surface area contributed by atoms with Crippen LogP contribution < -0.4 is 5.32 Å². The van der Waals surface area contributed by atoms with Crippen LogP contribution in [-0.2, 0) is 4.79 Å². The van der Waals surface area contributed by atoms with Crippen LogP contribution in [0.15, 0.2) is 0 Å². The SMILES string of the molecule is CCC(=O)NCC[N+](C)(C)C.CC[N+](C)(C)C.CC[N+](C)(C)CCO. The molecule has 6 nitrogen and oxygen atoms in total. The Kier molecular flexibility index (Phi) is 16.8. The van der Waals surface area contributed by atoms with E-state index in [0.29, 0.717) is 13.0 Å². The van der Waals surface area contributed by atoms with Crippen LogP contribution >= 0.6 is 0 Å². The number of carbonyl (C=O) groups excluding carboxylic acids is 1. The molecular weight excluding hydrogens is 316 g/mol. The van der Waals surface area contributed by atoms with E-state index >= 15 is 0 Å². The van der Waals surface area contributed by atoms with Crippen molar-refractivity contribution in [1.82, 2.24) is 5.32 Å². The standard InChI is InChI=1S/C8H18N2O.C6H16NO.C5H14N/c1-5-8(11)9-6-7-10(2,3)4;1-4-7(2,3)5-6-8;1-5-6(2,3)4/h5-7H2,1-4H3;8H,4-6H2,1-3H3;5H2,1-4H3/q;2*+1/p+1. The smallest absolute Gasteiger partial charge is 0.219 e. The number of quaternary nitrogens is 3. The lowest BCUT2D eigenvalue weighted by atomic mass is 10.4. The first-order valence-electron chi connectivity index (χ1n) is 9.44. The quantitative estimate of drug-likeness (QED) is 0.631. The predicted molar refractivity (Wildman–Crippen MR) is 109 cm³/mol. The number of nitrogens with one attached hydrogen (secondary N) is 1. The Balaban J connectivity index is -0.000000306. The van der Waals surface area contributed by atoms with Gasteiger partial charge in [0.1, 0.15) is 6.54 Å². The maximum atomic E-state index is 10.8. The first-order chi connectivity index (χ1) is 11.1. The summed E-state index contributed by atoms with van der Waals surface area (Å²) in [5, 5.41) is 11.4. The van der Waals surface area contributed by atoms with E-state index in [1.165, 1.54) is 6.54 Å². The highest BCUT2D eigenvalue weighted by Gasteiger charge is 2.08. The van der Waals surface area contributed by atoms with E-state index in [-0.39, 0.29) is 5.91 Å². The minimum absolute atomic E-state index is 0.137. The minimum atomic E-state index is 0.137. The molecule has 0 fully saturated rings. The molecule has 0 aliphatic carbocycles. The van der Waals surface area contributed by atoms with Crippen molar-refractivity contribution in [2.45, 2.75) is 27.2 Å². The maximum absolute atomic E-state index is 10.8. The molecule has 154 valence electrons. The zero-order chi connectivity index (χ0) is 20.7. The van der Waals surface area contributed by atoms with Crippen LogP contribution in [0.25, 0.3) is 0 Å². The van der Waals surface area contributed by atoms with Gasteiger partial charge in [0.25, 0.3) is 0 Å². The molecule has 0 unspecified atom stereocenters. The van der Waals surface area contributed by atoms with Crippen molar-refractivity contribution in [2.24, 2.45) is 0 Å². The average Bonchev–Trinajstić information content (AvgIpc) is 2.46. The minimum Gasteiger partial charge on any atom is -0.391 e. The summed E-state index contributed by atoms with van der Waals surface area (Å²) in [5.74, 6) is 0.137. The first-order valence-corrected chi connectivity index (χ1v) is 9.44. The van der Waals surface area contributed by atoms with Crippen LogP contribution in [0.3, 0.4) is 0 Å². The molecule has 0 saturated heterocycles. The fourth-order valence-corrected chi connectivity index (χ4v) is 1.08. The summed E-state index contributed by atoms with van der Waals surface area (Å²) in [4.78, 5) is 10.8. The average molecular weight is 366 g/mol. The molecule has 0 aromatic rings. The maximum Gasteiger partial charge on any atom is 0.219 e. The third-order valence-electron chi connectivity index (χ3n) is 3.94. The highest BCUT2D eigenvalue weighted by Crippen LogP contribution is 1.92. The van der Waals surface area contributed by atoms with Crippen LogP contribution in [0.5, 0.6) is 0 Å². The van der Waals surface area contributed by atoms with Gasteiger partial charge >= 0.3 is 0 Å². The van der Waals surface area contributed by atoms with Gasteiger partial charge in [-0.3, -0.25) is 4.79 Å². The number of aliphatic hydroxyl groups is 1. The molecule has 1 amide bonds. The second-order valence-electron chi connectivity index (χ2n) is 9.02. The van der Waals surface area contributed by atoms with Crippen LogP contribution in [0.4, 0.5) is 0 Å². The van der Waals surface area contributed by atoms with E-state index in [2.05, 4.69) is 75.5 Å². The number of nitrogens with zero attached hydrogens (tertiary/aromatic N) is 3. The lowest BCUT2D eigenvalue weighted by Gasteiger charge is -2.26. The van der Waals surface area contributed by atoms with Gasteiger partial charge in [-0.25, -0.2) is 0 Å². The van der Waals surface area contributed by atoms with Crippen LogP contribution in [0.1, 0.15) is 27.2 Å². The van der Waals surface area contributed by atoms with E-state index in [1.807, 2.05) is 6.92 Å². The Hall–Kier alpha value is -0.690. The van der Waals surface area contributed by atoms with Crippen LogP contribution in [0, 0.1) is 0 Å². The van der Waals surface area contributed by atoms with Gasteiger partial charge in [0.2, 0.25) is 5.91 Å². The fraction of sp³-hybridized carbons (Fsp3) is 0.947. The number of amides is 1. The molecule has 0 radical (unpaired) electrons. The summed E-state index contributed by atoms with van der Waals surface area (Å²) in [5.41, 5.74) is 0. The molecule has 0 atom stereocenters. The Labute approximate surface area is 158 Å². The van der Waals surface area contributed by atoms with E-state index in [1.54, 1.807) is 0 Å². The van der Waals surface area contributed by atoms with Crippen LogP contribution in [-0.4, -0.2) is 120 Å². The van der Waals surface area contributed by atoms with E-state index in [9.17, 15) is 4.79 Å². The number of hydrogen-bond acceptors (Lipinski definition) is 2. The summed E-state index contributed by atoms with van der Waals surface area (Å²) in [6.45, 7) is 11.4. The zero-order valence-electron chi connectivity index (χ0n) is 19.1. The molecule has 0 spiro atoms. The molecule has 0 aliphatic rings. The Morgan fingerprint density at radius 2 is 1.24 bits per heavy atom. The topological polar surface area (TPSA) is 49.3 Å². The van der Waals surface area contributed by atoms with E-state index in [4.69, 9.17) is 5.11 Å². The van der Waals surface area contributed by atoms with E-state index in [0.717, 1.165) is 39.6 Å². The van der Waals surface area contributed by atoms with Crippen molar-refractivity contribution in [2.75, 3.05) is 95.7 Å². The summed E-state index contributed by atoms with van der Waals surface area (Å²) >= 11 is 0. The van der Waals surface area contributed by atoms with Crippen molar-refractivity contribution < 1.29 is 23.4 Å². The van der Waals surface area contributed by atoms with Crippen molar-refractivity contribution in [1.29, 1.82) is 0 Å². The van der Waals surface area contributed by atoms with Gasteiger partial charge in [0, 0.05) is 6.42 Å². The Morgan fingerprint density at radius 3 is 1.44 bits per heavy atom. The first kappa shape index (κ1) is 29.1. The summed E-state index contributed by atoms with van der Waals surface area (Å²) in [6.07, 6.45) is 0.580. The van der Waals surface area contributed by atoms with Gasteiger partial charge in [0.05, 0.1) is 89.2 Å². The number of aliphatic hydroxyl groups excluding tert-OH is 1. The Bertz CT molecular complexity index is 318. The normalized spacial score (nSPS) is 11.7. The summed E-state index contributed by atoms with van der Waals surface area (Å²) < 4.78 is 2.88. The third kappa shape index (κ3) is 31.6. The molecule has 0 aromatic heterocycles. The van der Waals surface area contributed by atoms with Crippen molar-refractivity contribution >= 4 is 5.91 Å². The van der Waals surface area contributed by atoms with Crippen molar-refractivity contribution in [3.8, 4) is 0 Å². The van der Waals surface area contributed by atoms with Crippen molar-refractivity contribution in [3.63, 3.8) is 0 Å². The number of carbonyl (C=O) groups is 1. The number of rotatable bonds is 8. The predicted octanol–water partition coefficient (Wildman–Crippen LogP) is 1.01. The lowest BCUT2D eigenvalue weighted by Crippen LogP contribution is -2.41. The van der Waals surface area contributed by atoms with Gasteiger partial charge in [-0.15, -0.1) is 0 Å². The Morgan fingerprint density at radius 1 is 0.800 bits per heavy atom. The van der Waals surface area contributed by atoms with Gasteiger partial charge in [-0.2, -0.15) is 0 Å². The molecule has 0 bridgehead atoms. The second kappa shape index (κ2) is 14.5. The van der Waals surface area contributed by atoms with Gasteiger partial charge < -0.3 is 23.9 Å². The molecule has 0 aromatic carbocycles. The van der Waals surface area contributed by atoms with Gasteiger partial charge in [0.15, 0.2) is 0 Å². The highest BCUT2D eigenvalue weighted by atomic mass is 16.3. The molecule has 25 heavy (non-hydrogen) atoms. The molecule has 0 saturated carbocycles. The summed E-state index contributed by atoms with van der Waals surface area (Å²) in [6, 6.07) is 0. The zero-order valence-corrected chi connectivity index (χ0v) is 19.1. The summed E-state index contributed by atoms with van der Waals surface area (Å²) in [7, 11) is 17.1. The largest absolute Gasteiger partial charge is 0.391 e. The highest BCUT2D eigenvalue weighted by molar-refractivity contribution is 5.75. The lowest BCUT2D eigenvalue weighted by molar-refractivity contribution is -0.888. The second-order valence-corrected chi connectivity index (χ2v) is 9.02. The monoisotopic (exact) mass is 365 g/mol. The molecule has 0 heterocycles. The van der Waals surface area contributed by atoms with Gasteiger partial charge in [-0.05, 0) is 13.8 Å². The molecular formula is C19H49N4O2+3. The third-order valence-corrected chi connectivity index (χ3v) is 3.94. The molecule has 0 rings (SSSR count). The molecule has 0 aliphatic heterocycles. The number of likely N-dealkylation sites (N-methyl/N-ethyl adjacent to an activating group) is 2. The van der Waals surface area contributed by atoms with Crippen LogP contribution in [0.2, 0.25) is 0 Å². The van der Waals surface area contributed by atoms with Crippen molar-refractivity contribution in [3.05, 3.63) is 0 Å². The fourth-order valence-electron chi connectivity index (χ4n) is 1.08. The molecule has 2 N–H and O–H groups in total. The van der Waals surface area contributed by atoms with E-state index < -0.39 is 0 Å².